The van der Waals surface area contributed by atoms with Crippen LogP contribution in [0.1, 0.15) is 5.69 Å². The van der Waals surface area contributed by atoms with Crippen LogP contribution in [0.3, 0.4) is 0 Å². The van der Waals surface area contributed by atoms with E-state index < -0.39 is 0 Å². The fourth-order valence-electron chi connectivity index (χ4n) is 1.83. The second-order valence-electron chi connectivity index (χ2n) is 3.90. The van der Waals surface area contributed by atoms with Crippen molar-refractivity contribution in [2.75, 3.05) is 0 Å². The van der Waals surface area contributed by atoms with Gasteiger partial charge in [0.2, 0.25) is 0 Å². The second-order valence-corrected chi connectivity index (χ2v) is 4.26. The van der Waals surface area contributed by atoms with E-state index in [1.807, 2.05) is 49.5 Å². The number of halogens is 1. The van der Waals surface area contributed by atoms with E-state index in [-0.39, 0.29) is 0 Å². The average molecular weight is 244 g/mol. The van der Waals surface area contributed by atoms with Gasteiger partial charge in [0.25, 0.3) is 0 Å². The van der Waals surface area contributed by atoms with Gasteiger partial charge in [-0.05, 0) is 12.5 Å². The molecular formula is C13H10ClN3. The van der Waals surface area contributed by atoms with E-state index in [1.165, 1.54) is 0 Å². The second kappa shape index (κ2) is 3.86. The molecule has 0 aliphatic heterocycles. The Labute approximate surface area is 104 Å². The first-order valence-corrected chi connectivity index (χ1v) is 5.70. The van der Waals surface area contributed by atoms with Crippen LogP contribution in [0.5, 0.6) is 0 Å². The Morgan fingerprint density at radius 3 is 2.71 bits per heavy atom. The summed E-state index contributed by atoms with van der Waals surface area (Å²) in [7, 11) is 0. The Kier molecular flexibility index (Phi) is 2.34. The van der Waals surface area contributed by atoms with E-state index in [9.17, 15) is 0 Å². The Morgan fingerprint density at radius 1 is 1.18 bits per heavy atom. The fraction of sp³-hybridized carbons (Fsp3) is 0.0769. The van der Waals surface area contributed by atoms with Gasteiger partial charge < -0.3 is 0 Å². The Balaban J connectivity index is 2.26. The number of hydrogen-bond acceptors (Lipinski definition) is 2. The molecule has 3 rings (SSSR count). The fourth-order valence-corrected chi connectivity index (χ4v) is 2.07. The number of nitrogens with zero attached hydrogens (tertiary/aromatic N) is 3. The summed E-state index contributed by atoms with van der Waals surface area (Å²) in [4.78, 5) is 4.34. The summed E-state index contributed by atoms with van der Waals surface area (Å²) in [6, 6.07) is 11.8. The lowest BCUT2D eigenvalue weighted by molar-refractivity contribution is 0.919. The lowest BCUT2D eigenvalue weighted by Gasteiger charge is -2.04. The first kappa shape index (κ1) is 10.3. The van der Waals surface area contributed by atoms with Gasteiger partial charge >= 0.3 is 0 Å². The highest BCUT2D eigenvalue weighted by Crippen LogP contribution is 2.26. The van der Waals surface area contributed by atoms with E-state index in [1.54, 1.807) is 4.52 Å². The van der Waals surface area contributed by atoms with Gasteiger partial charge in [-0.2, -0.15) is 5.10 Å². The third-order valence-corrected chi connectivity index (χ3v) is 2.90. The molecule has 0 aliphatic carbocycles. The molecule has 1 aromatic carbocycles. The lowest BCUT2D eigenvalue weighted by Crippen LogP contribution is -1.93. The quantitative estimate of drug-likeness (QED) is 0.614. The number of fused-ring (bicyclic) bond motifs is 1. The van der Waals surface area contributed by atoms with E-state index in [0.29, 0.717) is 5.15 Å². The number of aromatic nitrogens is 3. The van der Waals surface area contributed by atoms with Gasteiger partial charge in [0.15, 0.2) is 5.65 Å². The van der Waals surface area contributed by atoms with Crippen LogP contribution in [0.15, 0.2) is 42.6 Å². The van der Waals surface area contributed by atoms with Crippen molar-refractivity contribution in [3.8, 4) is 11.1 Å². The van der Waals surface area contributed by atoms with Gasteiger partial charge in [-0.25, -0.2) is 9.50 Å². The van der Waals surface area contributed by atoms with Crippen LogP contribution >= 0.6 is 11.6 Å². The molecule has 0 N–H and O–H groups in total. The van der Waals surface area contributed by atoms with Crippen LogP contribution in [0.25, 0.3) is 16.8 Å². The Hall–Kier alpha value is -1.87. The maximum atomic E-state index is 6.19. The molecule has 0 spiro atoms. The van der Waals surface area contributed by atoms with Gasteiger partial charge in [-0.3, -0.25) is 0 Å². The Bertz CT molecular complexity index is 674. The smallest absolute Gasteiger partial charge is 0.156 e. The Morgan fingerprint density at radius 2 is 1.94 bits per heavy atom. The third kappa shape index (κ3) is 1.78. The molecule has 0 bridgehead atoms. The summed E-state index contributed by atoms with van der Waals surface area (Å²) in [5.74, 6) is 0. The maximum Gasteiger partial charge on any atom is 0.156 e. The summed E-state index contributed by atoms with van der Waals surface area (Å²) in [5, 5.41) is 4.84. The van der Waals surface area contributed by atoms with E-state index in [0.717, 1.165) is 22.5 Å². The van der Waals surface area contributed by atoms with Crippen LogP contribution < -0.4 is 0 Å². The highest BCUT2D eigenvalue weighted by atomic mass is 35.5. The van der Waals surface area contributed by atoms with E-state index in [2.05, 4.69) is 10.1 Å². The summed E-state index contributed by atoms with van der Waals surface area (Å²) in [6.07, 6.45) is 1.91. The summed E-state index contributed by atoms with van der Waals surface area (Å²) in [5.41, 5.74) is 3.63. The molecule has 0 unspecified atom stereocenters. The SMILES string of the molecule is Cc1cc2nc(Cl)c(-c3ccccc3)cn2n1. The topological polar surface area (TPSA) is 30.2 Å². The highest BCUT2D eigenvalue weighted by Gasteiger charge is 2.08. The summed E-state index contributed by atoms with van der Waals surface area (Å²) >= 11 is 6.19. The molecule has 0 saturated carbocycles. The standard InChI is InChI=1S/C13H10ClN3/c1-9-7-12-15-13(14)11(8-17(12)16-9)10-5-3-2-4-6-10/h2-8H,1H3. The molecule has 0 aliphatic rings. The zero-order valence-electron chi connectivity index (χ0n) is 9.26. The first-order chi connectivity index (χ1) is 8.24. The molecule has 2 aromatic heterocycles. The predicted octanol–water partition coefficient (Wildman–Crippen LogP) is 3.36. The van der Waals surface area contributed by atoms with Crippen molar-refractivity contribution in [3.05, 3.63) is 53.4 Å². The minimum atomic E-state index is 0.503. The van der Waals surface area contributed by atoms with Gasteiger partial charge in [0.1, 0.15) is 5.15 Å². The monoisotopic (exact) mass is 243 g/mol. The number of hydrogen-bond donors (Lipinski definition) is 0. The highest BCUT2D eigenvalue weighted by molar-refractivity contribution is 6.32. The van der Waals surface area contributed by atoms with Crippen LogP contribution in [-0.2, 0) is 0 Å². The van der Waals surface area contributed by atoms with Crippen LogP contribution in [-0.4, -0.2) is 14.6 Å². The molecule has 84 valence electrons. The molecule has 0 radical (unpaired) electrons. The number of rotatable bonds is 1. The van der Waals surface area contributed by atoms with Gasteiger partial charge in [-0.1, -0.05) is 41.9 Å². The van der Waals surface area contributed by atoms with E-state index in [4.69, 9.17) is 11.6 Å². The van der Waals surface area contributed by atoms with Crippen molar-refractivity contribution < 1.29 is 0 Å². The summed E-state index contributed by atoms with van der Waals surface area (Å²) in [6.45, 7) is 1.94. The van der Waals surface area contributed by atoms with Crippen molar-refractivity contribution in [3.63, 3.8) is 0 Å². The van der Waals surface area contributed by atoms with Crippen molar-refractivity contribution in [1.82, 2.24) is 14.6 Å². The zero-order chi connectivity index (χ0) is 11.8. The van der Waals surface area contributed by atoms with Gasteiger partial charge in [0, 0.05) is 17.8 Å². The van der Waals surface area contributed by atoms with Crippen molar-refractivity contribution in [2.45, 2.75) is 6.92 Å². The molecule has 17 heavy (non-hydrogen) atoms. The third-order valence-electron chi connectivity index (χ3n) is 2.61. The normalized spacial score (nSPS) is 10.9. The molecule has 4 heteroatoms. The molecule has 0 amide bonds. The minimum absolute atomic E-state index is 0.503. The molecule has 0 fully saturated rings. The number of aryl methyl sites for hydroxylation is 1. The largest absolute Gasteiger partial charge is 0.222 e. The van der Waals surface area contributed by atoms with Crippen molar-refractivity contribution in [2.24, 2.45) is 0 Å². The predicted molar refractivity (Wildman–Crippen MR) is 68.2 cm³/mol. The molecule has 2 heterocycles. The molecule has 3 nitrogen and oxygen atoms in total. The van der Waals surface area contributed by atoms with Crippen LogP contribution in [0.2, 0.25) is 5.15 Å². The molecule has 0 atom stereocenters. The maximum absolute atomic E-state index is 6.19. The molecule has 0 saturated heterocycles. The molecule has 3 aromatic rings. The van der Waals surface area contributed by atoms with Gasteiger partial charge in [-0.15, -0.1) is 0 Å². The van der Waals surface area contributed by atoms with E-state index >= 15 is 0 Å². The van der Waals surface area contributed by atoms with Gasteiger partial charge in [0.05, 0.1) is 5.69 Å². The lowest BCUT2D eigenvalue weighted by atomic mass is 10.1. The van der Waals surface area contributed by atoms with Crippen LogP contribution in [0, 0.1) is 6.92 Å². The van der Waals surface area contributed by atoms with Crippen molar-refractivity contribution >= 4 is 17.2 Å². The first-order valence-electron chi connectivity index (χ1n) is 5.32. The minimum Gasteiger partial charge on any atom is -0.222 e. The average Bonchev–Trinajstić information content (AvgIpc) is 2.68. The van der Waals surface area contributed by atoms with Crippen molar-refractivity contribution in [1.29, 1.82) is 0 Å². The summed E-state index contributed by atoms with van der Waals surface area (Å²) < 4.78 is 1.75. The molecular weight excluding hydrogens is 234 g/mol. The number of benzene rings is 1. The zero-order valence-corrected chi connectivity index (χ0v) is 10.0. The van der Waals surface area contributed by atoms with Crippen LogP contribution in [0.4, 0.5) is 0 Å².